The largest absolute Gasteiger partial charge is 0.452 e. The first-order valence-electron chi connectivity index (χ1n) is 11.3. The summed E-state index contributed by atoms with van der Waals surface area (Å²) in [5.74, 6) is 0. The zero-order valence-corrected chi connectivity index (χ0v) is 18.6. The summed E-state index contributed by atoms with van der Waals surface area (Å²) in [6.45, 7) is 9.08. The molecule has 7 heteroatoms. The molecule has 0 aliphatic heterocycles. The molecule has 5 rings (SSSR count). The smallest absolute Gasteiger partial charge is 0.177 e. The second-order valence-corrected chi connectivity index (χ2v) is 7.99. The summed E-state index contributed by atoms with van der Waals surface area (Å²) in [5, 5.41) is 14.3. The summed E-state index contributed by atoms with van der Waals surface area (Å²) >= 11 is 0. The van der Waals surface area contributed by atoms with E-state index < -0.39 is 0 Å². The Morgan fingerprint density at radius 3 is 2.62 bits per heavy atom. The van der Waals surface area contributed by atoms with Gasteiger partial charge in [-0.25, -0.2) is 4.98 Å². The number of pyridine rings is 1. The lowest BCUT2D eigenvalue weighted by Crippen LogP contribution is -2.24. The highest BCUT2D eigenvalue weighted by Crippen LogP contribution is 2.36. The van der Waals surface area contributed by atoms with Crippen molar-refractivity contribution in [3.05, 3.63) is 60.4 Å². The van der Waals surface area contributed by atoms with E-state index in [0.717, 1.165) is 77.0 Å². The van der Waals surface area contributed by atoms with Crippen LogP contribution in [0.2, 0.25) is 0 Å². The molecule has 3 aromatic heterocycles. The Morgan fingerprint density at radius 1 is 1.00 bits per heavy atom. The van der Waals surface area contributed by atoms with Crippen molar-refractivity contribution in [1.82, 2.24) is 24.9 Å². The van der Waals surface area contributed by atoms with Crippen LogP contribution >= 0.6 is 0 Å². The third-order valence-electron chi connectivity index (χ3n) is 5.99. The molecule has 0 saturated carbocycles. The number of furan rings is 1. The normalized spacial score (nSPS) is 11.8. The number of aromatic nitrogens is 4. The molecule has 0 bridgehead atoms. The average molecular weight is 429 g/mol. The van der Waals surface area contributed by atoms with Gasteiger partial charge in [0.15, 0.2) is 5.58 Å². The van der Waals surface area contributed by atoms with Gasteiger partial charge in [0, 0.05) is 17.3 Å². The predicted octanol–water partition coefficient (Wildman–Crippen LogP) is 5.07. The SMILES string of the molecule is CCN(CC)CCCn1cc(CNc2c3ccccc3nc3c2oc2ccccc23)nn1. The first-order valence-corrected chi connectivity index (χ1v) is 11.3. The fourth-order valence-corrected chi connectivity index (χ4v) is 4.22. The Labute approximate surface area is 187 Å². The van der Waals surface area contributed by atoms with Gasteiger partial charge in [-0.3, -0.25) is 4.68 Å². The first kappa shape index (κ1) is 20.5. The van der Waals surface area contributed by atoms with Crippen LogP contribution in [0.5, 0.6) is 0 Å². The highest BCUT2D eigenvalue weighted by molar-refractivity contribution is 6.13. The summed E-state index contributed by atoms with van der Waals surface area (Å²) in [6.07, 6.45) is 3.08. The molecule has 0 aliphatic carbocycles. The fourth-order valence-electron chi connectivity index (χ4n) is 4.22. The molecule has 0 fully saturated rings. The second-order valence-electron chi connectivity index (χ2n) is 7.99. The maximum Gasteiger partial charge on any atom is 0.177 e. The van der Waals surface area contributed by atoms with Crippen LogP contribution in [0.3, 0.4) is 0 Å². The van der Waals surface area contributed by atoms with Crippen LogP contribution in [0.4, 0.5) is 5.69 Å². The van der Waals surface area contributed by atoms with E-state index in [9.17, 15) is 0 Å². The van der Waals surface area contributed by atoms with Gasteiger partial charge in [0.05, 0.1) is 23.9 Å². The van der Waals surface area contributed by atoms with E-state index in [2.05, 4.69) is 46.5 Å². The number of aryl methyl sites for hydroxylation is 1. The van der Waals surface area contributed by atoms with Gasteiger partial charge in [-0.1, -0.05) is 49.4 Å². The standard InChI is InChI=1S/C25H28N6O/c1-3-30(4-2)14-9-15-31-17-18(28-29-31)16-26-23-19-10-5-7-12-21(19)27-24-20-11-6-8-13-22(20)32-25(23)24/h5-8,10-13,17H,3-4,9,14-16H2,1-2H3,(H,26,27). The molecule has 0 radical (unpaired) electrons. The molecule has 0 unspecified atom stereocenters. The molecule has 5 aromatic rings. The number of fused-ring (bicyclic) bond motifs is 4. The highest BCUT2D eigenvalue weighted by atomic mass is 16.3. The molecule has 3 heterocycles. The Kier molecular flexibility index (Phi) is 5.73. The minimum absolute atomic E-state index is 0.566. The minimum Gasteiger partial charge on any atom is -0.452 e. The number of anilines is 1. The molecule has 0 aliphatic rings. The maximum absolute atomic E-state index is 6.21. The van der Waals surface area contributed by atoms with Crippen molar-refractivity contribution in [1.29, 1.82) is 0 Å². The van der Waals surface area contributed by atoms with E-state index in [1.54, 1.807) is 0 Å². The zero-order chi connectivity index (χ0) is 21.9. The van der Waals surface area contributed by atoms with Gasteiger partial charge >= 0.3 is 0 Å². The number of nitrogens with zero attached hydrogens (tertiary/aromatic N) is 5. The van der Waals surface area contributed by atoms with Gasteiger partial charge in [-0.15, -0.1) is 5.10 Å². The average Bonchev–Trinajstić information content (AvgIpc) is 3.44. The molecule has 0 atom stereocenters. The van der Waals surface area contributed by atoms with Crippen molar-refractivity contribution in [2.75, 3.05) is 25.0 Å². The summed E-state index contributed by atoms with van der Waals surface area (Å²) in [7, 11) is 0. The monoisotopic (exact) mass is 428 g/mol. The lowest BCUT2D eigenvalue weighted by Gasteiger charge is -2.17. The van der Waals surface area contributed by atoms with Crippen LogP contribution in [-0.4, -0.2) is 44.5 Å². The molecule has 1 N–H and O–H groups in total. The summed E-state index contributed by atoms with van der Waals surface area (Å²) in [5.41, 5.74) is 5.27. The van der Waals surface area contributed by atoms with Crippen LogP contribution in [0, 0.1) is 0 Å². The molecular weight excluding hydrogens is 400 g/mol. The van der Waals surface area contributed by atoms with E-state index in [-0.39, 0.29) is 0 Å². The highest BCUT2D eigenvalue weighted by Gasteiger charge is 2.16. The number of benzene rings is 2. The summed E-state index contributed by atoms with van der Waals surface area (Å²) < 4.78 is 8.14. The van der Waals surface area contributed by atoms with Gasteiger partial charge in [0.1, 0.15) is 16.8 Å². The van der Waals surface area contributed by atoms with Crippen LogP contribution in [0.15, 0.2) is 59.1 Å². The topological polar surface area (TPSA) is 72.0 Å². The van der Waals surface area contributed by atoms with Crippen LogP contribution in [-0.2, 0) is 13.1 Å². The van der Waals surface area contributed by atoms with E-state index in [4.69, 9.17) is 9.40 Å². The zero-order valence-electron chi connectivity index (χ0n) is 18.6. The Morgan fingerprint density at radius 2 is 1.78 bits per heavy atom. The number of rotatable bonds is 9. The van der Waals surface area contributed by atoms with Crippen LogP contribution < -0.4 is 5.32 Å². The van der Waals surface area contributed by atoms with Gasteiger partial charge in [0.2, 0.25) is 0 Å². The van der Waals surface area contributed by atoms with Crippen molar-refractivity contribution in [2.45, 2.75) is 33.4 Å². The molecule has 2 aromatic carbocycles. The lowest BCUT2D eigenvalue weighted by atomic mass is 10.1. The van der Waals surface area contributed by atoms with E-state index >= 15 is 0 Å². The molecule has 7 nitrogen and oxygen atoms in total. The minimum atomic E-state index is 0.566. The molecule has 0 spiro atoms. The van der Waals surface area contributed by atoms with Gasteiger partial charge in [0.25, 0.3) is 0 Å². The molecule has 164 valence electrons. The van der Waals surface area contributed by atoms with Gasteiger partial charge in [-0.2, -0.15) is 0 Å². The molecule has 0 saturated heterocycles. The van der Waals surface area contributed by atoms with Crippen molar-refractivity contribution in [3.63, 3.8) is 0 Å². The van der Waals surface area contributed by atoms with E-state index in [1.807, 2.05) is 47.3 Å². The van der Waals surface area contributed by atoms with Crippen LogP contribution in [0.1, 0.15) is 26.0 Å². The van der Waals surface area contributed by atoms with Gasteiger partial charge < -0.3 is 14.6 Å². The van der Waals surface area contributed by atoms with E-state index in [0.29, 0.717) is 6.54 Å². The lowest BCUT2D eigenvalue weighted by molar-refractivity contribution is 0.290. The van der Waals surface area contributed by atoms with Crippen molar-refractivity contribution in [2.24, 2.45) is 0 Å². The maximum atomic E-state index is 6.21. The summed E-state index contributed by atoms with van der Waals surface area (Å²) in [4.78, 5) is 7.30. The molecule has 32 heavy (non-hydrogen) atoms. The Hall–Kier alpha value is -3.45. The number of hydrogen-bond donors (Lipinski definition) is 1. The number of nitrogens with one attached hydrogen (secondary N) is 1. The van der Waals surface area contributed by atoms with E-state index in [1.165, 1.54) is 0 Å². The number of para-hydroxylation sites is 2. The van der Waals surface area contributed by atoms with Crippen molar-refractivity contribution < 1.29 is 4.42 Å². The first-order chi connectivity index (χ1) is 15.8. The molecular formula is C25H28N6O. The van der Waals surface area contributed by atoms with Crippen molar-refractivity contribution in [3.8, 4) is 0 Å². The third kappa shape index (κ3) is 3.91. The second kappa shape index (κ2) is 8.96. The fraction of sp³-hybridized carbons (Fsp3) is 0.320. The number of hydrogen-bond acceptors (Lipinski definition) is 6. The van der Waals surface area contributed by atoms with Crippen molar-refractivity contribution >= 4 is 38.7 Å². The quantitative estimate of drug-likeness (QED) is 0.353. The Bertz CT molecular complexity index is 1350. The Balaban J connectivity index is 1.39. The van der Waals surface area contributed by atoms with Crippen LogP contribution in [0.25, 0.3) is 33.0 Å². The third-order valence-corrected chi connectivity index (χ3v) is 5.99. The van der Waals surface area contributed by atoms with Gasteiger partial charge in [-0.05, 0) is 44.3 Å². The predicted molar refractivity (Wildman–Crippen MR) is 129 cm³/mol. The molecule has 0 amide bonds. The summed E-state index contributed by atoms with van der Waals surface area (Å²) in [6, 6.07) is 16.2.